The second-order valence-corrected chi connectivity index (χ2v) is 7.91. The van der Waals surface area contributed by atoms with E-state index in [1.807, 2.05) is 12.1 Å². The number of carbonyl (C=O) groups excluding carboxylic acids is 1. The molecule has 0 unspecified atom stereocenters. The molecule has 1 aliphatic carbocycles. The molecule has 6 nitrogen and oxygen atoms in total. The number of rotatable bonds is 5. The molecule has 0 bridgehead atoms. The maximum absolute atomic E-state index is 12.7. The van der Waals surface area contributed by atoms with E-state index in [-0.39, 0.29) is 5.91 Å². The Labute approximate surface area is 160 Å². The van der Waals surface area contributed by atoms with Gasteiger partial charge in [0.2, 0.25) is 5.91 Å². The number of anilines is 1. The average Bonchev–Trinajstić information content (AvgIpc) is 3.10. The zero-order valence-corrected chi connectivity index (χ0v) is 16.0. The van der Waals surface area contributed by atoms with Crippen LogP contribution in [0.4, 0.5) is 5.69 Å². The quantitative estimate of drug-likeness (QED) is 0.848. The Morgan fingerprint density at radius 3 is 2.67 bits per heavy atom. The molecule has 2 aliphatic rings. The first-order valence-electron chi connectivity index (χ1n) is 10.1. The second-order valence-electron chi connectivity index (χ2n) is 7.91. The standard InChI is InChI=1S/C21H30N4O2/c22-21(7-2-1-3-8-21)20(26)23-18-4-5-19-17(16-18)6-9-25(19)11-10-24-12-14-27-15-13-24/h4-6,9,16H,1-3,7-8,10-15,22H2,(H,23,26). The van der Waals surface area contributed by atoms with Crippen LogP contribution >= 0.6 is 0 Å². The van der Waals surface area contributed by atoms with Gasteiger partial charge in [0.15, 0.2) is 0 Å². The van der Waals surface area contributed by atoms with E-state index < -0.39 is 5.54 Å². The number of carbonyl (C=O) groups is 1. The minimum atomic E-state index is -0.711. The monoisotopic (exact) mass is 370 g/mol. The van der Waals surface area contributed by atoms with Gasteiger partial charge in [-0.05, 0) is 37.1 Å². The van der Waals surface area contributed by atoms with Crippen LogP contribution < -0.4 is 11.1 Å². The van der Waals surface area contributed by atoms with Gasteiger partial charge in [0.1, 0.15) is 0 Å². The van der Waals surface area contributed by atoms with Crippen LogP contribution in [0.1, 0.15) is 32.1 Å². The first kappa shape index (κ1) is 18.5. The Morgan fingerprint density at radius 2 is 1.89 bits per heavy atom. The molecule has 0 spiro atoms. The molecule has 1 saturated carbocycles. The minimum absolute atomic E-state index is 0.0479. The van der Waals surface area contributed by atoms with Gasteiger partial charge in [-0.2, -0.15) is 0 Å². The first-order valence-corrected chi connectivity index (χ1v) is 10.1. The maximum atomic E-state index is 12.7. The van der Waals surface area contributed by atoms with Crippen molar-refractivity contribution in [1.82, 2.24) is 9.47 Å². The fourth-order valence-electron chi connectivity index (χ4n) is 4.21. The number of nitrogens with one attached hydrogen (secondary N) is 1. The van der Waals surface area contributed by atoms with Crippen LogP contribution in [-0.4, -0.2) is 53.8 Å². The van der Waals surface area contributed by atoms with Crippen molar-refractivity contribution in [3.8, 4) is 0 Å². The molecular weight excluding hydrogens is 340 g/mol. The molecule has 2 aromatic rings. The molecule has 1 saturated heterocycles. The van der Waals surface area contributed by atoms with Crippen molar-refractivity contribution in [2.45, 2.75) is 44.2 Å². The third-order valence-electron chi connectivity index (χ3n) is 5.99. The van der Waals surface area contributed by atoms with Crippen LogP contribution in [-0.2, 0) is 16.1 Å². The summed E-state index contributed by atoms with van der Waals surface area (Å²) < 4.78 is 7.69. The number of hydrogen-bond acceptors (Lipinski definition) is 4. The van der Waals surface area contributed by atoms with Crippen molar-refractivity contribution in [2.75, 3.05) is 38.2 Å². The van der Waals surface area contributed by atoms with Gasteiger partial charge in [0, 0.05) is 49.0 Å². The van der Waals surface area contributed by atoms with E-state index in [4.69, 9.17) is 10.5 Å². The fraction of sp³-hybridized carbons (Fsp3) is 0.571. The Kier molecular flexibility index (Phi) is 5.48. The number of hydrogen-bond donors (Lipinski definition) is 2. The van der Waals surface area contributed by atoms with Crippen LogP contribution in [0, 0.1) is 0 Å². The van der Waals surface area contributed by atoms with Gasteiger partial charge in [-0.25, -0.2) is 0 Å². The maximum Gasteiger partial charge on any atom is 0.244 e. The summed E-state index contributed by atoms with van der Waals surface area (Å²) in [4.78, 5) is 15.1. The Balaban J connectivity index is 1.41. The molecule has 1 aliphatic heterocycles. The van der Waals surface area contributed by atoms with Crippen molar-refractivity contribution < 1.29 is 9.53 Å². The zero-order valence-electron chi connectivity index (χ0n) is 16.0. The Hall–Kier alpha value is -1.89. The minimum Gasteiger partial charge on any atom is -0.379 e. The highest BCUT2D eigenvalue weighted by molar-refractivity contribution is 5.99. The van der Waals surface area contributed by atoms with Gasteiger partial charge in [-0.3, -0.25) is 9.69 Å². The summed E-state index contributed by atoms with van der Waals surface area (Å²) in [6, 6.07) is 8.24. The number of amides is 1. The van der Waals surface area contributed by atoms with E-state index >= 15 is 0 Å². The van der Waals surface area contributed by atoms with E-state index in [1.165, 1.54) is 11.9 Å². The topological polar surface area (TPSA) is 72.5 Å². The molecule has 3 N–H and O–H groups in total. The molecule has 2 fully saturated rings. The largest absolute Gasteiger partial charge is 0.379 e. The molecule has 1 amide bonds. The predicted molar refractivity (Wildman–Crippen MR) is 108 cm³/mol. The van der Waals surface area contributed by atoms with Gasteiger partial charge >= 0.3 is 0 Å². The summed E-state index contributed by atoms with van der Waals surface area (Å²) in [7, 11) is 0. The molecule has 4 rings (SSSR count). The highest BCUT2D eigenvalue weighted by Gasteiger charge is 2.35. The van der Waals surface area contributed by atoms with Crippen LogP contribution in [0.2, 0.25) is 0 Å². The molecule has 146 valence electrons. The normalized spacial score (nSPS) is 20.6. The van der Waals surface area contributed by atoms with Crippen molar-refractivity contribution in [1.29, 1.82) is 0 Å². The fourth-order valence-corrected chi connectivity index (χ4v) is 4.21. The van der Waals surface area contributed by atoms with Crippen LogP contribution in [0.25, 0.3) is 10.9 Å². The lowest BCUT2D eigenvalue weighted by Crippen LogP contribution is -2.52. The van der Waals surface area contributed by atoms with E-state index in [9.17, 15) is 4.79 Å². The highest BCUT2D eigenvalue weighted by Crippen LogP contribution is 2.28. The van der Waals surface area contributed by atoms with Gasteiger partial charge in [0.05, 0.1) is 18.8 Å². The number of ether oxygens (including phenoxy) is 1. The molecule has 0 radical (unpaired) electrons. The van der Waals surface area contributed by atoms with Crippen LogP contribution in [0.5, 0.6) is 0 Å². The van der Waals surface area contributed by atoms with Crippen LogP contribution in [0.15, 0.2) is 30.5 Å². The molecule has 27 heavy (non-hydrogen) atoms. The number of aromatic nitrogens is 1. The van der Waals surface area contributed by atoms with Crippen LogP contribution in [0.3, 0.4) is 0 Å². The molecule has 6 heteroatoms. The summed E-state index contributed by atoms with van der Waals surface area (Å²) in [6.45, 7) is 5.67. The lowest BCUT2D eigenvalue weighted by Gasteiger charge is -2.31. The highest BCUT2D eigenvalue weighted by atomic mass is 16.5. The number of nitrogens with zero attached hydrogens (tertiary/aromatic N) is 2. The summed E-state index contributed by atoms with van der Waals surface area (Å²) in [6.07, 6.45) is 6.93. The van der Waals surface area contributed by atoms with E-state index in [0.29, 0.717) is 0 Å². The van der Waals surface area contributed by atoms with Crippen molar-refractivity contribution >= 4 is 22.5 Å². The number of nitrogens with two attached hydrogens (primary N) is 1. The lowest BCUT2D eigenvalue weighted by atomic mass is 9.82. The smallest absolute Gasteiger partial charge is 0.244 e. The lowest BCUT2D eigenvalue weighted by molar-refractivity contribution is -0.122. The third kappa shape index (κ3) is 4.18. The van der Waals surface area contributed by atoms with Crippen molar-refractivity contribution in [3.63, 3.8) is 0 Å². The summed E-state index contributed by atoms with van der Waals surface area (Å²) >= 11 is 0. The van der Waals surface area contributed by atoms with E-state index in [2.05, 4.69) is 33.1 Å². The third-order valence-corrected chi connectivity index (χ3v) is 5.99. The molecular formula is C21H30N4O2. The number of fused-ring (bicyclic) bond motifs is 1. The SMILES string of the molecule is NC1(C(=O)Nc2ccc3c(ccn3CCN3CCOCC3)c2)CCCCC1. The van der Waals surface area contributed by atoms with E-state index in [0.717, 1.165) is 76.1 Å². The van der Waals surface area contributed by atoms with Crippen molar-refractivity contribution in [2.24, 2.45) is 5.73 Å². The predicted octanol–water partition coefficient (Wildman–Crippen LogP) is 2.57. The van der Waals surface area contributed by atoms with Gasteiger partial charge in [-0.15, -0.1) is 0 Å². The first-order chi connectivity index (χ1) is 13.1. The molecule has 2 heterocycles. The van der Waals surface area contributed by atoms with Crippen molar-refractivity contribution in [3.05, 3.63) is 30.5 Å². The molecule has 0 atom stereocenters. The summed E-state index contributed by atoms with van der Waals surface area (Å²) in [5.41, 5.74) is 7.66. The van der Waals surface area contributed by atoms with Gasteiger partial charge < -0.3 is 20.4 Å². The Bertz CT molecular complexity index is 789. The summed E-state index contributed by atoms with van der Waals surface area (Å²) in [5, 5.41) is 4.18. The van der Waals surface area contributed by atoms with Gasteiger partial charge in [-0.1, -0.05) is 19.3 Å². The number of benzene rings is 1. The molecule has 1 aromatic carbocycles. The average molecular weight is 370 g/mol. The van der Waals surface area contributed by atoms with Gasteiger partial charge in [0.25, 0.3) is 0 Å². The molecule has 1 aromatic heterocycles. The van der Waals surface area contributed by atoms with E-state index in [1.54, 1.807) is 0 Å². The zero-order chi connectivity index (χ0) is 18.7. The number of morpholine rings is 1. The summed E-state index contributed by atoms with van der Waals surface area (Å²) in [5.74, 6) is -0.0479. The second kappa shape index (κ2) is 8.00. The Morgan fingerprint density at radius 1 is 1.11 bits per heavy atom.